The molecule has 1 aliphatic rings. The van der Waals surface area contributed by atoms with Crippen molar-refractivity contribution >= 4 is 17.2 Å². The molecule has 0 radical (unpaired) electrons. The van der Waals surface area contributed by atoms with Gasteiger partial charge in [0.15, 0.2) is 0 Å². The van der Waals surface area contributed by atoms with E-state index in [1.165, 1.54) is 5.56 Å². The number of carbonyl (C=O) groups is 1. The van der Waals surface area contributed by atoms with Gasteiger partial charge in [0.2, 0.25) is 5.91 Å². The van der Waals surface area contributed by atoms with Crippen LogP contribution in [-0.2, 0) is 14.9 Å². The first-order valence-electron chi connectivity index (χ1n) is 9.27. The van der Waals surface area contributed by atoms with Crippen LogP contribution in [0.4, 0.5) is 0 Å². The Morgan fingerprint density at radius 1 is 1.27 bits per heavy atom. The number of aryl methyl sites for hydroxylation is 1. The molecule has 1 aromatic carbocycles. The third kappa shape index (κ3) is 4.17. The fraction of sp³-hybridized carbons (Fsp3) is 0.476. The molecule has 1 saturated carbocycles. The van der Waals surface area contributed by atoms with Gasteiger partial charge in [0, 0.05) is 11.4 Å². The average molecular weight is 374 g/mol. The van der Waals surface area contributed by atoms with E-state index in [-0.39, 0.29) is 30.6 Å². The number of nitrogens with one attached hydrogen (secondary N) is 1. The molecule has 26 heavy (non-hydrogen) atoms. The summed E-state index contributed by atoms with van der Waals surface area (Å²) < 4.78 is 5.79. The van der Waals surface area contributed by atoms with E-state index in [1.54, 1.807) is 11.3 Å². The molecule has 5 heteroatoms. The van der Waals surface area contributed by atoms with Crippen LogP contribution in [0.2, 0.25) is 0 Å². The fourth-order valence-electron chi connectivity index (χ4n) is 3.72. The van der Waals surface area contributed by atoms with Crippen molar-refractivity contribution in [2.75, 3.05) is 19.8 Å². The van der Waals surface area contributed by atoms with Crippen LogP contribution in [-0.4, -0.2) is 30.8 Å². The summed E-state index contributed by atoms with van der Waals surface area (Å²) in [6.45, 7) is 2.68. The van der Waals surface area contributed by atoms with Gasteiger partial charge in [-0.15, -0.1) is 11.3 Å². The predicted molar refractivity (Wildman–Crippen MR) is 104 cm³/mol. The van der Waals surface area contributed by atoms with Crippen molar-refractivity contribution in [2.45, 2.75) is 44.1 Å². The van der Waals surface area contributed by atoms with Crippen LogP contribution in [0.3, 0.4) is 0 Å². The van der Waals surface area contributed by atoms with Crippen LogP contribution in [0.1, 0.15) is 47.8 Å². The molecule has 0 spiro atoms. The minimum absolute atomic E-state index is 0.0323. The van der Waals surface area contributed by atoms with Gasteiger partial charge in [-0.05, 0) is 36.8 Å². The van der Waals surface area contributed by atoms with Gasteiger partial charge in [-0.3, -0.25) is 4.79 Å². The quantitative estimate of drug-likeness (QED) is 0.741. The summed E-state index contributed by atoms with van der Waals surface area (Å²) in [5.74, 6) is 0.0992. The van der Waals surface area contributed by atoms with Crippen molar-refractivity contribution in [2.24, 2.45) is 0 Å². The third-order valence-electron chi connectivity index (χ3n) is 5.19. The lowest BCUT2D eigenvalue weighted by atomic mass is 9.83. The molecule has 0 unspecified atom stereocenters. The zero-order chi connectivity index (χ0) is 18.4. The van der Waals surface area contributed by atoms with Crippen molar-refractivity contribution in [1.29, 1.82) is 0 Å². The minimum Gasteiger partial charge on any atom is -0.394 e. The summed E-state index contributed by atoms with van der Waals surface area (Å²) in [4.78, 5) is 14.3. The molecule has 2 aromatic rings. The second-order valence-corrected chi connectivity index (χ2v) is 7.92. The van der Waals surface area contributed by atoms with Gasteiger partial charge in [-0.2, -0.15) is 0 Å². The van der Waals surface area contributed by atoms with Crippen molar-refractivity contribution in [3.8, 4) is 0 Å². The Morgan fingerprint density at radius 2 is 2.00 bits per heavy atom. The number of benzene rings is 1. The lowest BCUT2D eigenvalue weighted by Gasteiger charge is -2.28. The molecule has 1 heterocycles. The zero-order valence-electron chi connectivity index (χ0n) is 15.2. The highest BCUT2D eigenvalue weighted by atomic mass is 32.1. The van der Waals surface area contributed by atoms with Crippen molar-refractivity contribution in [1.82, 2.24) is 5.32 Å². The highest BCUT2D eigenvalue weighted by molar-refractivity contribution is 7.10. The SMILES string of the molecule is Cc1ccc([C@@H](CNC(=O)C2(c3cccs3)CCCC2)OCCO)cc1. The van der Waals surface area contributed by atoms with E-state index in [0.717, 1.165) is 36.1 Å². The number of aliphatic hydroxyl groups is 1. The van der Waals surface area contributed by atoms with Crippen LogP contribution in [0.15, 0.2) is 41.8 Å². The van der Waals surface area contributed by atoms with E-state index in [0.29, 0.717) is 6.54 Å². The normalized spacial score (nSPS) is 17.2. The smallest absolute Gasteiger partial charge is 0.231 e. The lowest BCUT2D eigenvalue weighted by Crippen LogP contribution is -2.43. The van der Waals surface area contributed by atoms with E-state index in [1.807, 2.05) is 42.6 Å². The molecular formula is C21H27NO3S. The third-order valence-corrected chi connectivity index (χ3v) is 6.27. The first-order valence-corrected chi connectivity index (χ1v) is 10.1. The van der Waals surface area contributed by atoms with Gasteiger partial charge < -0.3 is 15.2 Å². The van der Waals surface area contributed by atoms with Gasteiger partial charge in [0.1, 0.15) is 0 Å². The van der Waals surface area contributed by atoms with Crippen molar-refractivity contribution < 1.29 is 14.6 Å². The van der Waals surface area contributed by atoms with Gasteiger partial charge in [-0.25, -0.2) is 0 Å². The molecule has 0 saturated heterocycles. The average Bonchev–Trinajstić information content (AvgIpc) is 3.35. The molecule has 1 amide bonds. The molecule has 3 rings (SSSR count). The number of amides is 1. The monoisotopic (exact) mass is 373 g/mol. The lowest BCUT2D eigenvalue weighted by molar-refractivity contribution is -0.127. The van der Waals surface area contributed by atoms with E-state index in [2.05, 4.69) is 11.4 Å². The maximum Gasteiger partial charge on any atom is 0.231 e. The molecule has 4 nitrogen and oxygen atoms in total. The Balaban J connectivity index is 1.71. The van der Waals surface area contributed by atoms with Gasteiger partial charge in [-0.1, -0.05) is 48.7 Å². The number of thiophene rings is 1. The Kier molecular flexibility index (Phi) is 6.46. The molecule has 1 atom stereocenters. The number of carbonyl (C=O) groups excluding carboxylic acids is 1. The summed E-state index contributed by atoms with van der Waals surface area (Å²) in [7, 11) is 0. The zero-order valence-corrected chi connectivity index (χ0v) is 16.1. The van der Waals surface area contributed by atoms with E-state index in [4.69, 9.17) is 9.84 Å². The largest absolute Gasteiger partial charge is 0.394 e. The Hall–Kier alpha value is -1.69. The molecular weight excluding hydrogens is 346 g/mol. The second-order valence-electron chi connectivity index (χ2n) is 6.97. The topological polar surface area (TPSA) is 58.6 Å². The number of ether oxygens (including phenoxy) is 1. The van der Waals surface area contributed by atoms with Gasteiger partial charge in [0.05, 0.1) is 24.7 Å². The Bertz CT molecular complexity index is 691. The van der Waals surface area contributed by atoms with Crippen LogP contribution >= 0.6 is 11.3 Å². The first-order chi connectivity index (χ1) is 12.7. The highest BCUT2D eigenvalue weighted by Gasteiger charge is 2.43. The van der Waals surface area contributed by atoms with Crippen molar-refractivity contribution in [3.05, 3.63) is 57.8 Å². The maximum absolute atomic E-state index is 13.1. The van der Waals surface area contributed by atoms with Crippen LogP contribution in [0.25, 0.3) is 0 Å². The number of rotatable bonds is 8. The fourth-order valence-corrected chi connectivity index (χ4v) is 4.70. The molecule has 0 bridgehead atoms. The summed E-state index contributed by atoms with van der Waals surface area (Å²) in [6.07, 6.45) is 3.74. The highest BCUT2D eigenvalue weighted by Crippen LogP contribution is 2.43. The summed E-state index contributed by atoms with van der Waals surface area (Å²) in [5.41, 5.74) is 1.81. The Labute approximate surface area is 159 Å². The standard InChI is InChI=1S/C21H27NO3S/c1-16-6-8-17(9-7-16)18(25-13-12-23)15-22-20(24)21(10-2-3-11-21)19-5-4-14-26-19/h4-9,14,18,23H,2-3,10-13,15H2,1H3,(H,22,24)/t18-/m1/s1. The predicted octanol–water partition coefficient (Wildman–Crippen LogP) is 3.73. The molecule has 2 N–H and O–H groups in total. The summed E-state index contributed by atoms with van der Waals surface area (Å²) in [5, 5.41) is 14.3. The second kappa shape index (κ2) is 8.80. The van der Waals surface area contributed by atoms with E-state index >= 15 is 0 Å². The number of hydrogen-bond donors (Lipinski definition) is 2. The summed E-state index contributed by atoms with van der Waals surface area (Å²) in [6, 6.07) is 12.2. The van der Waals surface area contributed by atoms with Gasteiger partial charge in [0.25, 0.3) is 0 Å². The molecule has 1 aromatic heterocycles. The maximum atomic E-state index is 13.1. The van der Waals surface area contributed by atoms with Crippen LogP contribution in [0, 0.1) is 6.92 Å². The van der Waals surface area contributed by atoms with Gasteiger partial charge >= 0.3 is 0 Å². The Morgan fingerprint density at radius 3 is 2.62 bits per heavy atom. The van der Waals surface area contributed by atoms with E-state index in [9.17, 15) is 4.79 Å². The van der Waals surface area contributed by atoms with Crippen molar-refractivity contribution in [3.63, 3.8) is 0 Å². The van der Waals surface area contributed by atoms with Crippen LogP contribution < -0.4 is 5.32 Å². The number of aliphatic hydroxyl groups excluding tert-OH is 1. The first kappa shape index (κ1) is 19.1. The minimum atomic E-state index is -0.386. The van der Waals surface area contributed by atoms with E-state index < -0.39 is 0 Å². The molecule has 140 valence electrons. The summed E-state index contributed by atoms with van der Waals surface area (Å²) >= 11 is 1.67. The van der Waals surface area contributed by atoms with Crippen LogP contribution in [0.5, 0.6) is 0 Å². The number of hydrogen-bond acceptors (Lipinski definition) is 4. The molecule has 1 aliphatic carbocycles. The molecule has 0 aliphatic heterocycles. The molecule has 1 fully saturated rings.